The number of rotatable bonds is 14. The monoisotopic (exact) mass is 672 g/mol. The summed E-state index contributed by atoms with van der Waals surface area (Å²) >= 11 is 0. The van der Waals surface area contributed by atoms with Crippen molar-refractivity contribution in [3.63, 3.8) is 0 Å². The minimum Gasteiger partial charge on any atom is -0.395 e. The Labute approximate surface area is 288 Å². The van der Waals surface area contributed by atoms with Gasteiger partial charge in [0, 0.05) is 47.7 Å². The maximum Gasteiger partial charge on any atom is 0.269 e. The van der Waals surface area contributed by atoms with Gasteiger partial charge in [0.15, 0.2) is 5.60 Å². The molecule has 0 radical (unpaired) electrons. The van der Waals surface area contributed by atoms with Crippen molar-refractivity contribution in [2.24, 2.45) is 5.92 Å². The fraction of sp³-hybridized carbons (Fsp3) is 0.211. The molecule has 5 aromatic rings. The molecule has 6 rings (SSSR count). The van der Waals surface area contributed by atoms with Gasteiger partial charge in [-0.05, 0) is 47.9 Å². The first-order valence-electron chi connectivity index (χ1n) is 16.2. The second kappa shape index (κ2) is 14.6. The van der Waals surface area contributed by atoms with Gasteiger partial charge in [0.05, 0.1) is 35.4 Å². The minimum atomic E-state index is -2.05. The number of fused-ring (bicyclic) bond motifs is 1. The van der Waals surface area contributed by atoms with Crippen molar-refractivity contribution >= 4 is 35.1 Å². The highest BCUT2D eigenvalue weighted by Crippen LogP contribution is 2.47. The zero-order valence-electron chi connectivity index (χ0n) is 27.3. The number of hydrogen-bond donors (Lipinski definition) is 2. The zero-order chi connectivity index (χ0) is 35.3. The van der Waals surface area contributed by atoms with Crippen LogP contribution in [0.15, 0.2) is 121 Å². The number of nitrogens with zero attached hydrogens (tertiary/aromatic N) is 6. The van der Waals surface area contributed by atoms with Crippen LogP contribution >= 0.6 is 0 Å². The number of allylic oxidation sites excluding steroid dienone is 1. The molecule has 12 nitrogen and oxygen atoms in total. The smallest absolute Gasteiger partial charge is 0.269 e. The lowest BCUT2D eigenvalue weighted by Gasteiger charge is -2.27. The highest BCUT2D eigenvalue weighted by Gasteiger charge is 2.53. The Morgan fingerprint density at radius 2 is 1.66 bits per heavy atom. The van der Waals surface area contributed by atoms with Crippen LogP contribution in [0.2, 0.25) is 0 Å². The van der Waals surface area contributed by atoms with Gasteiger partial charge < -0.3 is 15.1 Å². The molecule has 1 aliphatic rings. The highest BCUT2D eigenvalue weighted by atomic mass is 16.6. The molecule has 50 heavy (non-hydrogen) atoms. The van der Waals surface area contributed by atoms with Crippen molar-refractivity contribution in [2.45, 2.75) is 38.0 Å². The second-order valence-corrected chi connectivity index (χ2v) is 12.2. The van der Waals surface area contributed by atoms with Crippen LogP contribution in [0.4, 0.5) is 22.7 Å². The van der Waals surface area contributed by atoms with Crippen LogP contribution in [0.5, 0.6) is 0 Å². The Balaban J connectivity index is 1.18. The topological polar surface area (TPSA) is 155 Å². The van der Waals surface area contributed by atoms with Crippen molar-refractivity contribution in [2.75, 3.05) is 16.4 Å². The van der Waals surface area contributed by atoms with Crippen molar-refractivity contribution in [3.05, 3.63) is 154 Å². The van der Waals surface area contributed by atoms with Crippen LogP contribution in [0, 0.1) is 16.0 Å². The quantitative estimate of drug-likeness (QED) is 0.0667. The van der Waals surface area contributed by atoms with Crippen LogP contribution in [-0.2, 0) is 28.3 Å². The summed E-state index contributed by atoms with van der Waals surface area (Å²) in [7, 11) is 0. The molecule has 0 spiro atoms. The number of carbonyl (C=O) groups excluding carboxylic acids is 2. The number of para-hydroxylation sites is 1. The Morgan fingerprint density at radius 1 is 0.980 bits per heavy atom. The molecule has 1 aliphatic heterocycles. The average molecular weight is 673 g/mol. The molecule has 2 amide bonds. The Morgan fingerprint density at radius 3 is 2.32 bits per heavy atom. The van der Waals surface area contributed by atoms with Crippen LogP contribution in [0.1, 0.15) is 41.6 Å². The first-order chi connectivity index (χ1) is 24.2. The molecule has 0 bridgehead atoms. The molecular weight excluding hydrogens is 636 g/mol. The summed E-state index contributed by atoms with van der Waals surface area (Å²) in [4.78, 5) is 40.0. The predicted molar refractivity (Wildman–Crippen MR) is 188 cm³/mol. The Bertz CT molecular complexity index is 2000. The van der Waals surface area contributed by atoms with Crippen molar-refractivity contribution in [3.8, 4) is 0 Å². The van der Waals surface area contributed by atoms with E-state index >= 15 is 0 Å². The third kappa shape index (κ3) is 6.66. The standard InChI is InChI=1S/C38H36N6O6/c1-27(10-8-9-21-41-24-35(39-40-41)33(25-45)29-11-4-2-5-12-29)38(48)34-22-32(44(49)50)19-20-36(34)42(37(38)47)23-28-15-17-31(18-16-28)43(26-46)30-13-6-3-7-14-30/h2-8,10-20,22,24,26-27,33,45,48H,9,21,23,25H2,1H3/b10-8+/t27-,33?,38+/m1/s1. The van der Waals surface area contributed by atoms with Crippen molar-refractivity contribution in [1.29, 1.82) is 0 Å². The molecule has 2 heterocycles. The number of aliphatic hydroxyl groups excluding tert-OH is 1. The summed E-state index contributed by atoms with van der Waals surface area (Å²) in [5, 5.41) is 42.2. The van der Waals surface area contributed by atoms with E-state index in [9.17, 15) is 29.9 Å². The molecule has 12 heteroatoms. The fourth-order valence-electron chi connectivity index (χ4n) is 6.29. The fourth-order valence-corrected chi connectivity index (χ4v) is 6.29. The predicted octanol–water partition coefficient (Wildman–Crippen LogP) is 5.62. The Kier molecular flexibility index (Phi) is 9.93. The number of non-ortho nitro benzene ring substituents is 1. The number of benzene rings is 4. The molecular formula is C38H36N6O6. The molecule has 4 aromatic carbocycles. The van der Waals surface area contributed by atoms with E-state index in [0.717, 1.165) is 17.5 Å². The molecule has 2 N–H and O–H groups in total. The highest BCUT2D eigenvalue weighted by molar-refractivity contribution is 6.07. The lowest BCUT2D eigenvalue weighted by atomic mass is 9.82. The molecule has 0 aliphatic carbocycles. The minimum absolute atomic E-state index is 0.0988. The van der Waals surface area contributed by atoms with E-state index in [0.29, 0.717) is 35.7 Å². The molecule has 0 fully saturated rings. The number of hydrogen-bond acceptors (Lipinski definition) is 8. The average Bonchev–Trinajstić information content (AvgIpc) is 3.69. The molecule has 1 aromatic heterocycles. The van der Waals surface area contributed by atoms with E-state index in [1.807, 2.05) is 66.7 Å². The normalized spacial score (nSPS) is 16.7. The van der Waals surface area contributed by atoms with Crippen LogP contribution in [-0.4, -0.2) is 49.1 Å². The van der Waals surface area contributed by atoms with Gasteiger partial charge in [-0.15, -0.1) is 5.10 Å². The van der Waals surface area contributed by atoms with E-state index in [2.05, 4.69) is 10.3 Å². The summed E-state index contributed by atoms with van der Waals surface area (Å²) in [5.74, 6) is -1.63. The van der Waals surface area contributed by atoms with Gasteiger partial charge in [-0.2, -0.15) is 0 Å². The maximum atomic E-state index is 14.1. The molecule has 0 saturated heterocycles. The van der Waals surface area contributed by atoms with Gasteiger partial charge in [-0.25, -0.2) is 0 Å². The van der Waals surface area contributed by atoms with E-state index in [4.69, 9.17) is 0 Å². The van der Waals surface area contributed by atoms with Crippen LogP contribution < -0.4 is 9.80 Å². The van der Waals surface area contributed by atoms with Crippen molar-refractivity contribution in [1.82, 2.24) is 15.0 Å². The summed E-state index contributed by atoms with van der Waals surface area (Å²) < 4.78 is 1.67. The number of anilines is 3. The summed E-state index contributed by atoms with van der Waals surface area (Å²) in [6.07, 6.45) is 6.59. The van der Waals surface area contributed by atoms with Crippen molar-refractivity contribution < 1.29 is 24.7 Å². The number of aliphatic hydroxyl groups is 2. The summed E-state index contributed by atoms with van der Waals surface area (Å²) in [6, 6.07) is 30.0. The molecule has 1 unspecified atom stereocenters. The second-order valence-electron chi connectivity index (χ2n) is 12.2. The summed E-state index contributed by atoms with van der Waals surface area (Å²) in [6.45, 7) is 2.15. The maximum absolute atomic E-state index is 14.1. The number of carbonyl (C=O) groups is 2. The molecule has 0 saturated carbocycles. The third-order valence-corrected chi connectivity index (χ3v) is 9.07. The van der Waals surface area contributed by atoms with Gasteiger partial charge in [0.1, 0.15) is 0 Å². The largest absolute Gasteiger partial charge is 0.395 e. The number of nitro benzene ring substituents is 1. The van der Waals surface area contributed by atoms with E-state index in [-0.39, 0.29) is 30.3 Å². The molecule has 254 valence electrons. The lowest BCUT2D eigenvalue weighted by Crippen LogP contribution is -2.44. The van der Waals surface area contributed by atoms with Gasteiger partial charge in [0.2, 0.25) is 6.41 Å². The van der Waals surface area contributed by atoms with Crippen LogP contribution in [0.25, 0.3) is 0 Å². The third-order valence-electron chi connectivity index (χ3n) is 9.07. The first-order valence-corrected chi connectivity index (χ1v) is 16.2. The molecule has 3 atom stereocenters. The Hall–Kier alpha value is -5.98. The van der Waals surface area contributed by atoms with Gasteiger partial charge in [0.25, 0.3) is 11.6 Å². The van der Waals surface area contributed by atoms with E-state index < -0.39 is 22.3 Å². The number of aryl methyl sites for hydroxylation is 1. The zero-order valence-corrected chi connectivity index (χ0v) is 27.3. The van der Waals surface area contributed by atoms with Crippen LogP contribution in [0.3, 0.4) is 0 Å². The van der Waals surface area contributed by atoms with E-state index in [1.54, 1.807) is 48.1 Å². The SMILES string of the molecule is C[C@H](/C=C/CCn1cc(C(CO)c2ccccc2)nn1)[C@@]1(O)C(=O)N(Cc2ccc(N(C=O)c3ccccc3)cc2)c2ccc([N+](=O)[O-])cc21. The van der Waals surface area contributed by atoms with Gasteiger partial charge in [-0.1, -0.05) is 85.0 Å². The number of nitro groups is 1. The lowest BCUT2D eigenvalue weighted by molar-refractivity contribution is -0.385. The van der Waals surface area contributed by atoms with Gasteiger partial charge >= 0.3 is 0 Å². The number of aromatic nitrogens is 3. The number of amides is 2. The van der Waals surface area contributed by atoms with E-state index in [1.165, 1.54) is 28.0 Å². The van der Waals surface area contributed by atoms with Gasteiger partial charge in [-0.3, -0.25) is 29.3 Å². The summed E-state index contributed by atoms with van der Waals surface area (Å²) in [5.41, 5.74) is 1.93. The first kappa shape index (κ1) is 33.9.